The average Bonchev–Trinajstić information content (AvgIpc) is 2.38. The Balaban J connectivity index is 2.13. The highest BCUT2D eigenvalue weighted by Gasteiger charge is 2.23. The van der Waals surface area contributed by atoms with Crippen LogP contribution in [0.15, 0.2) is 18.2 Å². The lowest BCUT2D eigenvalue weighted by Gasteiger charge is -2.28. The molecule has 0 saturated carbocycles. The molecule has 1 aliphatic rings. The summed E-state index contributed by atoms with van der Waals surface area (Å²) in [4.78, 5) is 22.7. The first-order valence-corrected chi connectivity index (χ1v) is 6.65. The van der Waals surface area contributed by atoms with Gasteiger partial charge in [0, 0.05) is 29.8 Å². The highest BCUT2D eigenvalue weighted by molar-refractivity contribution is 5.96. The molecule has 108 valence electrons. The van der Waals surface area contributed by atoms with Crippen molar-refractivity contribution in [3.63, 3.8) is 0 Å². The van der Waals surface area contributed by atoms with Crippen LogP contribution in [0.3, 0.4) is 0 Å². The Morgan fingerprint density at radius 3 is 2.90 bits per heavy atom. The predicted octanol–water partition coefficient (Wildman–Crippen LogP) is 2.20. The minimum absolute atomic E-state index is 0.0296. The number of nitrogens with one attached hydrogen (secondary N) is 1. The molecule has 1 saturated heterocycles. The normalized spacial score (nSPS) is 22.3. The third-order valence-corrected chi connectivity index (χ3v) is 3.57. The molecule has 1 N–H and O–H groups in total. The summed E-state index contributed by atoms with van der Waals surface area (Å²) in [6.07, 6.45) is 1.66. The highest BCUT2D eigenvalue weighted by Crippen LogP contribution is 2.21. The number of carbonyl (C=O) groups excluding carboxylic acids is 1. The molecule has 1 aromatic rings. The Labute approximate surface area is 117 Å². The standard InChI is InChI=1S/C14H18N2O4/c1-9-8-11(6-7-20-9)15-14(17)12-4-3-5-13(10(12)2)16(18)19/h3-5,9,11H,6-8H2,1-2H3,(H,15,17)/t9-,11+/m0/s1. The number of hydrogen-bond acceptors (Lipinski definition) is 4. The Hall–Kier alpha value is -1.95. The Morgan fingerprint density at radius 1 is 1.50 bits per heavy atom. The van der Waals surface area contributed by atoms with Gasteiger partial charge >= 0.3 is 0 Å². The van der Waals surface area contributed by atoms with Gasteiger partial charge in [0.2, 0.25) is 0 Å². The SMILES string of the molecule is Cc1c(C(=O)N[C@@H]2CCO[C@@H](C)C2)cccc1[N+](=O)[O-]. The van der Waals surface area contributed by atoms with E-state index in [0.717, 1.165) is 12.8 Å². The Bertz CT molecular complexity index is 530. The van der Waals surface area contributed by atoms with E-state index in [1.807, 2.05) is 6.92 Å². The van der Waals surface area contributed by atoms with E-state index < -0.39 is 4.92 Å². The van der Waals surface area contributed by atoms with E-state index >= 15 is 0 Å². The fraction of sp³-hybridized carbons (Fsp3) is 0.500. The highest BCUT2D eigenvalue weighted by atomic mass is 16.6. The molecule has 6 heteroatoms. The van der Waals surface area contributed by atoms with Gasteiger partial charge in [0.05, 0.1) is 11.0 Å². The second kappa shape index (κ2) is 6.00. The lowest BCUT2D eigenvalue weighted by atomic mass is 10.0. The van der Waals surface area contributed by atoms with Crippen LogP contribution < -0.4 is 5.32 Å². The molecule has 20 heavy (non-hydrogen) atoms. The van der Waals surface area contributed by atoms with Crippen molar-refractivity contribution in [1.29, 1.82) is 0 Å². The number of ether oxygens (including phenoxy) is 1. The van der Waals surface area contributed by atoms with Crippen molar-refractivity contribution < 1.29 is 14.5 Å². The first-order chi connectivity index (χ1) is 9.49. The number of rotatable bonds is 3. The topological polar surface area (TPSA) is 81.5 Å². The molecule has 1 aliphatic heterocycles. The van der Waals surface area contributed by atoms with E-state index in [0.29, 0.717) is 17.7 Å². The van der Waals surface area contributed by atoms with Crippen molar-refractivity contribution in [1.82, 2.24) is 5.32 Å². The van der Waals surface area contributed by atoms with Gasteiger partial charge in [-0.2, -0.15) is 0 Å². The van der Waals surface area contributed by atoms with Gasteiger partial charge in [-0.25, -0.2) is 0 Å². The molecule has 1 fully saturated rings. The van der Waals surface area contributed by atoms with Crippen LogP contribution in [0.25, 0.3) is 0 Å². The van der Waals surface area contributed by atoms with Gasteiger partial charge in [-0.15, -0.1) is 0 Å². The van der Waals surface area contributed by atoms with E-state index in [2.05, 4.69) is 5.32 Å². The van der Waals surface area contributed by atoms with Gasteiger partial charge in [-0.05, 0) is 32.8 Å². The zero-order chi connectivity index (χ0) is 14.7. The van der Waals surface area contributed by atoms with Crippen LogP contribution in [0.1, 0.15) is 35.7 Å². The van der Waals surface area contributed by atoms with E-state index in [1.54, 1.807) is 13.0 Å². The van der Waals surface area contributed by atoms with Crippen molar-refractivity contribution in [3.05, 3.63) is 39.4 Å². The molecule has 1 amide bonds. The molecule has 6 nitrogen and oxygen atoms in total. The first-order valence-electron chi connectivity index (χ1n) is 6.65. The van der Waals surface area contributed by atoms with Crippen LogP contribution in [-0.4, -0.2) is 29.6 Å². The third kappa shape index (κ3) is 3.14. The van der Waals surface area contributed by atoms with Crippen LogP contribution in [0.2, 0.25) is 0 Å². The van der Waals surface area contributed by atoms with Crippen LogP contribution >= 0.6 is 0 Å². The first kappa shape index (κ1) is 14.5. The summed E-state index contributed by atoms with van der Waals surface area (Å²) < 4.78 is 5.43. The lowest BCUT2D eigenvalue weighted by Crippen LogP contribution is -2.41. The zero-order valence-electron chi connectivity index (χ0n) is 11.6. The van der Waals surface area contributed by atoms with Crippen molar-refractivity contribution in [3.8, 4) is 0 Å². The third-order valence-electron chi connectivity index (χ3n) is 3.57. The number of nitrogens with zero attached hydrogens (tertiary/aromatic N) is 1. The van der Waals surface area contributed by atoms with Gasteiger partial charge in [-0.1, -0.05) is 6.07 Å². The van der Waals surface area contributed by atoms with Gasteiger partial charge in [0.1, 0.15) is 0 Å². The monoisotopic (exact) mass is 278 g/mol. The van der Waals surface area contributed by atoms with Crippen LogP contribution in [0.5, 0.6) is 0 Å². The van der Waals surface area contributed by atoms with Gasteiger partial charge in [-0.3, -0.25) is 14.9 Å². The molecular formula is C14H18N2O4. The molecule has 0 aromatic heterocycles. The fourth-order valence-electron chi connectivity index (χ4n) is 2.46. The molecule has 0 radical (unpaired) electrons. The predicted molar refractivity (Wildman–Crippen MR) is 73.7 cm³/mol. The summed E-state index contributed by atoms with van der Waals surface area (Å²) in [6, 6.07) is 4.61. The maximum atomic E-state index is 12.2. The van der Waals surface area contributed by atoms with Crippen molar-refractivity contribution >= 4 is 11.6 Å². The largest absolute Gasteiger partial charge is 0.378 e. The summed E-state index contributed by atoms with van der Waals surface area (Å²) >= 11 is 0. The summed E-state index contributed by atoms with van der Waals surface area (Å²) in [5.74, 6) is -0.259. The number of carbonyl (C=O) groups is 1. The Morgan fingerprint density at radius 2 is 2.25 bits per heavy atom. The van der Waals surface area contributed by atoms with Gasteiger partial charge in [0.25, 0.3) is 11.6 Å². The zero-order valence-corrected chi connectivity index (χ0v) is 11.6. The minimum atomic E-state index is -0.470. The number of nitro groups is 1. The number of nitro benzene ring substituents is 1. The molecule has 1 heterocycles. The fourth-order valence-corrected chi connectivity index (χ4v) is 2.46. The molecule has 1 aromatic carbocycles. The molecule has 0 unspecified atom stereocenters. The van der Waals surface area contributed by atoms with Crippen molar-refractivity contribution in [2.75, 3.05) is 6.61 Å². The number of benzene rings is 1. The van der Waals surface area contributed by atoms with E-state index in [1.165, 1.54) is 12.1 Å². The molecule has 0 aliphatic carbocycles. The summed E-state index contributed by atoms with van der Waals surface area (Å²) in [5.41, 5.74) is 0.728. The maximum Gasteiger partial charge on any atom is 0.273 e. The van der Waals surface area contributed by atoms with Gasteiger partial charge < -0.3 is 10.1 Å². The van der Waals surface area contributed by atoms with Crippen molar-refractivity contribution in [2.24, 2.45) is 0 Å². The smallest absolute Gasteiger partial charge is 0.273 e. The second-order valence-corrected chi connectivity index (χ2v) is 5.08. The van der Waals surface area contributed by atoms with Crippen LogP contribution in [0.4, 0.5) is 5.69 Å². The summed E-state index contributed by atoms with van der Waals surface area (Å²) in [7, 11) is 0. The Kier molecular flexibility index (Phi) is 4.34. The van der Waals surface area contributed by atoms with Gasteiger partial charge in [0.15, 0.2) is 0 Å². The van der Waals surface area contributed by atoms with Crippen LogP contribution in [-0.2, 0) is 4.74 Å². The average molecular weight is 278 g/mol. The molecule has 0 spiro atoms. The van der Waals surface area contributed by atoms with Crippen molar-refractivity contribution in [2.45, 2.75) is 38.8 Å². The summed E-state index contributed by atoms with van der Waals surface area (Å²) in [6.45, 7) is 4.19. The van der Waals surface area contributed by atoms with E-state index in [9.17, 15) is 14.9 Å². The minimum Gasteiger partial charge on any atom is -0.378 e. The molecule has 2 rings (SSSR count). The molecule has 0 bridgehead atoms. The van der Waals surface area contributed by atoms with E-state index in [4.69, 9.17) is 4.74 Å². The quantitative estimate of drug-likeness (QED) is 0.678. The van der Waals surface area contributed by atoms with Crippen LogP contribution in [0, 0.1) is 17.0 Å². The molecular weight excluding hydrogens is 260 g/mol. The second-order valence-electron chi connectivity index (χ2n) is 5.08. The summed E-state index contributed by atoms with van der Waals surface area (Å²) in [5, 5.41) is 13.8. The van der Waals surface area contributed by atoms with E-state index in [-0.39, 0.29) is 23.7 Å². The maximum absolute atomic E-state index is 12.2. The number of hydrogen-bond donors (Lipinski definition) is 1. The molecule has 2 atom stereocenters. The lowest BCUT2D eigenvalue weighted by molar-refractivity contribution is -0.385. The number of amides is 1.